The summed E-state index contributed by atoms with van der Waals surface area (Å²) in [5.41, 5.74) is 16.7. The average Bonchev–Trinajstić information content (AvgIpc) is 3.35. The van der Waals surface area contributed by atoms with Gasteiger partial charge >= 0.3 is 0 Å². The van der Waals surface area contributed by atoms with Crippen LogP contribution in [0.2, 0.25) is 10.0 Å². The second kappa shape index (κ2) is 16.7. The average molecular weight is 786 g/mol. The van der Waals surface area contributed by atoms with Gasteiger partial charge in [-0.3, -0.25) is 0 Å². The van der Waals surface area contributed by atoms with Crippen molar-refractivity contribution in [3.8, 4) is 0 Å². The van der Waals surface area contributed by atoms with Crippen LogP contribution >= 0.6 is 39.1 Å². The van der Waals surface area contributed by atoms with Crippen molar-refractivity contribution in [3.05, 3.63) is 85.6 Å². The molecule has 4 N–H and O–H groups in total. The van der Waals surface area contributed by atoms with Crippen molar-refractivity contribution in [2.24, 2.45) is 0 Å². The zero-order chi connectivity index (χ0) is 35.2. The number of anilines is 5. The van der Waals surface area contributed by atoms with E-state index in [0.717, 1.165) is 95.9 Å². The lowest BCUT2D eigenvalue weighted by Gasteiger charge is -2.32. The van der Waals surface area contributed by atoms with Gasteiger partial charge in [0.15, 0.2) is 0 Å². The molecule has 11 nitrogen and oxygen atoms in total. The maximum atomic E-state index is 6.74. The molecule has 266 valence electrons. The van der Waals surface area contributed by atoms with Crippen LogP contribution in [0.1, 0.15) is 60.3 Å². The molecule has 5 heterocycles. The summed E-state index contributed by atoms with van der Waals surface area (Å²) >= 11 is 16.7. The van der Waals surface area contributed by atoms with Crippen molar-refractivity contribution in [2.75, 3.05) is 78.8 Å². The molecule has 7 rings (SSSR count). The summed E-state index contributed by atoms with van der Waals surface area (Å²) in [5, 5.41) is 1.48. The summed E-state index contributed by atoms with van der Waals surface area (Å²) in [5.74, 6) is 2.22. The maximum Gasteiger partial charge on any atom is 0.222 e. The van der Waals surface area contributed by atoms with E-state index >= 15 is 0 Å². The van der Waals surface area contributed by atoms with Crippen LogP contribution in [0.3, 0.4) is 0 Å². The van der Waals surface area contributed by atoms with Gasteiger partial charge in [0.2, 0.25) is 11.9 Å². The normalized spacial score (nSPS) is 19.8. The lowest BCUT2D eigenvalue weighted by Crippen LogP contribution is -2.32. The summed E-state index contributed by atoms with van der Waals surface area (Å²) in [6, 6.07) is 16.2. The molecule has 2 atom stereocenters. The molecule has 0 aliphatic carbocycles. The molecule has 2 aromatic heterocycles. The number of nitrogen functional groups attached to an aromatic ring is 2. The molecule has 2 aromatic carbocycles. The molecular weight excluding hydrogens is 741 g/mol. The first-order valence-electron chi connectivity index (χ1n) is 17.1. The van der Waals surface area contributed by atoms with Gasteiger partial charge in [-0.25, -0.2) is 9.97 Å². The van der Waals surface area contributed by atoms with Crippen LogP contribution in [0.15, 0.2) is 53.0 Å². The van der Waals surface area contributed by atoms with E-state index in [1.807, 2.05) is 44.2 Å². The Hall–Kier alpha value is -3.42. The number of nitrogens with two attached hydrogens (primary N) is 2. The number of aryl methyl sites for hydroxylation is 2. The minimum absolute atomic E-state index is 0.00123. The Morgan fingerprint density at radius 3 is 1.64 bits per heavy atom. The van der Waals surface area contributed by atoms with E-state index in [1.165, 1.54) is 18.5 Å². The first-order valence-corrected chi connectivity index (χ1v) is 18.6. The third-order valence-electron chi connectivity index (χ3n) is 9.12. The summed E-state index contributed by atoms with van der Waals surface area (Å²) in [4.78, 5) is 24.1. The number of hydrogen-bond donors (Lipinski definition) is 2. The molecule has 14 heteroatoms. The quantitative estimate of drug-likeness (QED) is 0.211. The van der Waals surface area contributed by atoms with Gasteiger partial charge in [0, 0.05) is 83.1 Å². The summed E-state index contributed by atoms with van der Waals surface area (Å²) < 4.78 is 12.6. The van der Waals surface area contributed by atoms with Gasteiger partial charge in [-0.1, -0.05) is 51.3 Å². The minimum atomic E-state index is -0.00759. The lowest BCUT2D eigenvalue weighted by atomic mass is 10.0. The molecule has 2 unspecified atom stereocenters. The molecule has 3 fully saturated rings. The molecule has 0 radical (unpaired) electrons. The number of hydrogen-bond acceptors (Lipinski definition) is 11. The number of aromatic nitrogens is 4. The predicted octanol–water partition coefficient (Wildman–Crippen LogP) is 7.34. The van der Waals surface area contributed by atoms with E-state index < -0.39 is 0 Å². The molecule has 0 spiro atoms. The van der Waals surface area contributed by atoms with E-state index in [0.29, 0.717) is 24.2 Å². The molecule has 50 heavy (non-hydrogen) atoms. The highest BCUT2D eigenvalue weighted by Crippen LogP contribution is 2.37. The van der Waals surface area contributed by atoms with Crippen LogP contribution < -0.4 is 26.2 Å². The molecule has 3 aliphatic heterocycles. The van der Waals surface area contributed by atoms with Crippen LogP contribution in [-0.4, -0.2) is 72.5 Å². The standard InChI is InChI=1S/C20H26ClN5O.C16H18BrClN4O/c1-14-11-19(24-20(22)23-14)26-9-4-10-27-13-18(26)16-6-5-15(12-17(16)21)25-7-2-3-8-25;1-10-7-15(21-16(19)20-10)22-5-2-6-23-9-14(22)12-4-3-11(17)8-13(12)18/h5-6,11-12,18H,2-4,7-10,13H2,1H3,(H2,22,23,24);3-4,7-8,14H,2,5-6,9H2,1H3,(H2,19,20,21). The van der Waals surface area contributed by atoms with Crippen LogP contribution in [0.4, 0.5) is 29.2 Å². The van der Waals surface area contributed by atoms with E-state index in [2.05, 4.69) is 68.8 Å². The zero-order valence-electron chi connectivity index (χ0n) is 28.5. The fourth-order valence-corrected chi connectivity index (χ4v) is 7.89. The Morgan fingerprint density at radius 1 is 0.660 bits per heavy atom. The van der Waals surface area contributed by atoms with E-state index in [9.17, 15) is 0 Å². The lowest BCUT2D eigenvalue weighted by molar-refractivity contribution is 0.134. The molecule has 0 bridgehead atoms. The number of benzene rings is 2. The molecule has 0 saturated carbocycles. The van der Waals surface area contributed by atoms with Gasteiger partial charge in [-0.2, -0.15) is 9.97 Å². The van der Waals surface area contributed by atoms with Gasteiger partial charge in [0.25, 0.3) is 0 Å². The van der Waals surface area contributed by atoms with Gasteiger partial charge in [0.05, 0.1) is 25.3 Å². The summed E-state index contributed by atoms with van der Waals surface area (Å²) in [7, 11) is 0. The Morgan fingerprint density at radius 2 is 1.16 bits per heavy atom. The van der Waals surface area contributed by atoms with Gasteiger partial charge in [0.1, 0.15) is 11.6 Å². The molecule has 3 aliphatic rings. The van der Waals surface area contributed by atoms with Crippen molar-refractivity contribution in [2.45, 2.75) is 51.6 Å². The highest BCUT2D eigenvalue weighted by atomic mass is 79.9. The topological polar surface area (TPSA) is 132 Å². The molecule has 0 amide bonds. The zero-order valence-corrected chi connectivity index (χ0v) is 31.6. The SMILES string of the molecule is Cc1cc(N2CCCOCC2c2ccc(Br)cc2Cl)nc(N)n1.Cc1cc(N2CCCOCC2c2ccc(N3CCCC3)cc2Cl)nc(N)n1. The Labute approximate surface area is 312 Å². The number of rotatable bonds is 5. The van der Waals surface area contributed by atoms with Crippen LogP contribution in [0.25, 0.3) is 0 Å². The predicted molar refractivity (Wildman–Crippen MR) is 205 cm³/mol. The van der Waals surface area contributed by atoms with Crippen LogP contribution in [0, 0.1) is 13.8 Å². The third kappa shape index (κ3) is 8.89. The van der Waals surface area contributed by atoms with Crippen molar-refractivity contribution in [1.29, 1.82) is 0 Å². The third-order valence-corrected chi connectivity index (χ3v) is 10.3. The smallest absolute Gasteiger partial charge is 0.222 e. The Bertz CT molecular complexity index is 1740. The maximum absolute atomic E-state index is 6.74. The summed E-state index contributed by atoms with van der Waals surface area (Å²) in [6.45, 7) is 10.3. The highest BCUT2D eigenvalue weighted by Gasteiger charge is 2.29. The van der Waals surface area contributed by atoms with E-state index in [1.54, 1.807) is 0 Å². The van der Waals surface area contributed by atoms with Crippen molar-refractivity contribution < 1.29 is 9.47 Å². The first-order chi connectivity index (χ1) is 24.2. The largest absolute Gasteiger partial charge is 0.379 e. The second-order valence-electron chi connectivity index (χ2n) is 12.8. The van der Waals surface area contributed by atoms with Crippen molar-refractivity contribution in [3.63, 3.8) is 0 Å². The Kier molecular flexibility index (Phi) is 12.2. The van der Waals surface area contributed by atoms with Gasteiger partial charge in [-0.15, -0.1) is 0 Å². The summed E-state index contributed by atoms with van der Waals surface area (Å²) in [6.07, 6.45) is 4.35. The number of ether oxygens (including phenoxy) is 2. The fraction of sp³-hybridized carbons (Fsp3) is 0.444. The fourth-order valence-electron chi connectivity index (χ4n) is 6.79. The first kappa shape index (κ1) is 36.4. The van der Waals surface area contributed by atoms with Crippen molar-refractivity contribution in [1.82, 2.24) is 19.9 Å². The van der Waals surface area contributed by atoms with Gasteiger partial charge < -0.3 is 35.6 Å². The van der Waals surface area contributed by atoms with Gasteiger partial charge in [-0.05, 0) is 74.9 Å². The number of nitrogens with zero attached hydrogens (tertiary/aromatic N) is 7. The Balaban J connectivity index is 0.000000175. The second-order valence-corrected chi connectivity index (χ2v) is 14.5. The highest BCUT2D eigenvalue weighted by molar-refractivity contribution is 9.10. The molecular formula is C36H44BrCl2N9O2. The molecule has 4 aromatic rings. The van der Waals surface area contributed by atoms with E-state index in [-0.39, 0.29) is 18.0 Å². The van der Waals surface area contributed by atoms with E-state index in [4.69, 9.17) is 44.1 Å². The number of halogens is 3. The molecule has 3 saturated heterocycles. The van der Waals surface area contributed by atoms with Crippen LogP contribution in [0.5, 0.6) is 0 Å². The monoisotopic (exact) mass is 783 g/mol. The van der Waals surface area contributed by atoms with Crippen LogP contribution in [-0.2, 0) is 9.47 Å². The minimum Gasteiger partial charge on any atom is -0.379 e. The van der Waals surface area contributed by atoms with Crippen molar-refractivity contribution >= 4 is 68.4 Å².